The molecule has 1 saturated heterocycles. The van der Waals surface area contributed by atoms with Gasteiger partial charge in [0.15, 0.2) is 10.9 Å². The Hall–Kier alpha value is -2.84. The van der Waals surface area contributed by atoms with Crippen LogP contribution in [0.25, 0.3) is 6.08 Å². The van der Waals surface area contributed by atoms with Gasteiger partial charge in [0.25, 0.3) is 11.8 Å². The van der Waals surface area contributed by atoms with Crippen molar-refractivity contribution in [2.24, 2.45) is 0 Å². The van der Waals surface area contributed by atoms with Gasteiger partial charge < -0.3 is 10.1 Å². The van der Waals surface area contributed by atoms with Gasteiger partial charge in [-0.15, -0.1) is 0 Å². The number of nitrogens with zero attached hydrogens (tertiary/aromatic N) is 1. The van der Waals surface area contributed by atoms with Crippen molar-refractivity contribution < 1.29 is 14.3 Å². The first-order chi connectivity index (χ1) is 16.9. The molecule has 0 saturated carbocycles. The number of ether oxygens (including phenoxy) is 1. The summed E-state index contributed by atoms with van der Waals surface area (Å²) < 4.78 is 6.03. The van der Waals surface area contributed by atoms with Crippen molar-refractivity contribution in [2.45, 2.75) is 13.3 Å². The number of anilines is 2. The molecule has 0 unspecified atom stereocenters. The van der Waals surface area contributed by atoms with Gasteiger partial charge in [-0.3, -0.25) is 14.5 Å². The zero-order valence-electron chi connectivity index (χ0n) is 18.6. The molecule has 0 aromatic heterocycles. The van der Waals surface area contributed by atoms with E-state index in [2.05, 4.69) is 12.2 Å². The van der Waals surface area contributed by atoms with E-state index < -0.39 is 0 Å². The summed E-state index contributed by atoms with van der Waals surface area (Å²) in [5.41, 5.74) is 3.14. The second kappa shape index (κ2) is 11.3. The quantitative estimate of drug-likeness (QED) is 0.257. The summed E-state index contributed by atoms with van der Waals surface area (Å²) in [5.74, 6) is -0.201. The Labute approximate surface area is 223 Å². The maximum Gasteiger partial charge on any atom is 0.270 e. The number of amides is 2. The SMILES string of the molecule is CCc1ccc(N2C(=O)/C(=C/c3ccc(OCC(=O)Nc4ccccc4Cl)c(Cl)c3)SC2=S)cc1. The number of thiocarbonyl (C=S) groups is 1. The van der Waals surface area contributed by atoms with Crippen LogP contribution in [0.1, 0.15) is 18.1 Å². The molecule has 1 aliphatic heterocycles. The fraction of sp³-hybridized carbons (Fsp3) is 0.115. The van der Waals surface area contributed by atoms with Crippen LogP contribution < -0.4 is 15.0 Å². The number of aryl methyl sites for hydroxylation is 1. The molecule has 3 aromatic carbocycles. The standard InChI is InChI=1S/C26H20Cl2N2O3S2/c1-2-16-7-10-18(11-8-16)30-25(32)23(35-26(30)34)14-17-9-12-22(20(28)13-17)33-15-24(31)29-21-6-4-3-5-19(21)27/h3-14H,2,15H2,1H3,(H,29,31)/b23-14-. The molecule has 9 heteroatoms. The molecule has 0 spiro atoms. The summed E-state index contributed by atoms with van der Waals surface area (Å²) >= 11 is 19.1. The minimum atomic E-state index is -0.367. The highest BCUT2D eigenvalue weighted by molar-refractivity contribution is 8.27. The molecule has 0 bridgehead atoms. The number of nitrogens with one attached hydrogen (secondary N) is 1. The number of benzene rings is 3. The predicted octanol–water partition coefficient (Wildman–Crippen LogP) is 6.98. The second-order valence-corrected chi connectivity index (χ2v) is 10.0. The molecular weight excluding hydrogens is 523 g/mol. The highest BCUT2D eigenvalue weighted by atomic mass is 35.5. The summed E-state index contributed by atoms with van der Waals surface area (Å²) in [5, 5.41) is 3.44. The van der Waals surface area contributed by atoms with Gasteiger partial charge >= 0.3 is 0 Å². The number of thioether (sulfide) groups is 1. The van der Waals surface area contributed by atoms with E-state index in [1.807, 2.05) is 24.3 Å². The van der Waals surface area contributed by atoms with Crippen molar-refractivity contribution in [2.75, 3.05) is 16.8 Å². The Kier molecular flexibility index (Phi) is 8.13. The Morgan fingerprint density at radius 1 is 1.09 bits per heavy atom. The molecular formula is C26H20Cl2N2O3S2. The van der Waals surface area contributed by atoms with E-state index in [0.717, 1.165) is 12.1 Å². The lowest BCUT2D eigenvalue weighted by atomic mass is 10.1. The van der Waals surface area contributed by atoms with Gasteiger partial charge in [-0.25, -0.2) is 0 Å². The minimum Gasteiger partial charge on any atom is -0.482 e. The molecule has 3 aromatic rings. The minimum absolute atomic E-state index is 0.183. The third-order valence-electron chi connectivity index (χ3n) is 5.16. The van der Waals surface area contributed by atoms with Crippen molar-refractivity contribution in [1.82, 2.24) is 0 Å². The van der Waals surface area contributed by atoms with Gasteiger partial charge in [0, 0.05) is 0 Å². The molecule has 0 atom stereocenters. The monoisotopic (exact) mass is 542 g/mol. The maximum absolute atomic E-state index is 13.0. The van der Waals surface area contributed by atoms with E-state index >= 15 is 0 Å². The molecule has 178 valence electrons. The summed E-state index contributed by atoms with van der Waals surface area (Å²) in [6.07, 6.45) is 2.66. The lowest BCUT2D eigenvalue weighted by Gasteiger charge is -2.14. The Morgan fingerprint density at radius 3 is 2.51 bits per heavy atom. The molecule has 5 nitrogen and oxygen atoms in total. The van der Waals surface area contributed by atoms with Crippen molar-refractivity contribution in [3.8, 4) is 5.75 Å². The molecule has 1 fully saturated rings. The van der Waals surface area contributed by atoms with Crippen molar-refractivity contribution in [3.63, 3.8) is 0 Å². The van der Waals surface area contributed by atoms with E-state index in [0.29, 0.717) is 36.3 Å². The van der Waals surface area contributed by atoms with Crippen LogP contribution in [0.4, 0.5) is 11.4 Å². The van der Waals surface area contributed by atoms with Crippen LogP contribution in [0.5, 0.6) is 5.75 Å². The van der Waals surface area contributed by atoms with E-state index in [4.69, 9.17) is 40.2 Å². The van der Waals surface area contributed by atoms with Crippen LogP contribution >= 0.6 is 47.2 Å². The first-order valence-electron chi connectivity index (χ1n) is 10.7. The number of carbonyl (C=O) groups excluding carboxylic acids is 2. The van der Waals surface area contributed by atoms with Crippen LogP contribution in [0.2, 0.25) is 10.0 Å². The van der Waals surface area contributed by atoms with E-state index in [1.165, 1.54) is 22.2 Å². The first kappa shape index (κ1) is 25.3. The highest BCUT2D eigenvalue weighted by Gasteiger charge is 2.33. The van der Waals surface area contributed by atoms with Crippen LogP contribution in [-0.2, 0) is 16.0 Å². The summed E-state index contributed by atoms with van der Waals surface area (Å²) in [7, 11) is 0. The number of para-hydroxylation sites is 1. The van der Waals surface area contributed by atoms with Gasteiger partial charge in [0.2, 0.25) is 0 Å². The van der Waals surface area contributed by atoms with Crippen molar-refractivity contribution >= 4 is 80.8 Å². The molecule has 2 amide bonds. The lowest BCUT2D eigenvalue weighted by molar-refractivity contribution is -0.118. The number of hydrogen-bond donors (Lipinski definition) is 1. The average molecular weight is 543 g/mol. The Morgan fingerprint density at radius 2 is 1.83 bits per heavy atom. The van der Waals surface area contributed by atoms with E-state index in [1.54, 1.807) is 48.5 Å². The smallest absolute Gasteiger partial charge is 0.270 e. The van der Waals surface area contributed by atoms with Crippen LogP contribution in [0, 0.1) is 0 Å². The third-order valence-corrected chi connectivity index (χ3v) is 7.08. The normalized spacial score (nSPS) is 14.5. The Balaban J connectivity index is 1.42. The third kappa shape index (κ3) is 6.05. The predicted molar refractivity (Wildman–Crippen MR) is 149 cm³/mol. The van der Waals surface area contributed by atoms with Gasteiger partial charge in [0.05, 0.1) is 26.3 Å². The van der Waals surface area contributed by atoms with Crippen molar-refractivity contribution in [1.29, 1.82) is 0 Å². The lowest BCUT2D eigenvalue weighted by Crippen LogP contribution is -2.27. The fourth-order valence-electron chi connectivity index (χ4n) is 3.34. The second-order valence-electron chi connectivity index (χ2n) is 7.54. The maximum atomic E-state index is 13.0. The number of rotatable bonds is 7. The summed E-state index contributed by atoms with van der Waals surface area (Å²) in [6, 6.07) is 19.8. The molecule has 0 aliphatic carbocycles. The zero-order chi connectivity index (χ0) is 24.9. The van der Waals surface area contributed by atoms with Crippen LogP contribution in [-0.4, -0.2) is 22.7 Å². The largest absolute Gasteiger partial charge is 0.482 e. The highest BCUT2D eigenvalue weighted by Crippen LogP contribution is 2.37. The summed E-state index contributed by atoms with van der Waals surface area (Å²) in [6.45, 7) is 1.84. The van der Waals surface area contributed by atoms with Crippen molar-refractivity contribution in [3.05, 3.63) is 92.8 Å². The average Bonchev–Trinajstić information content (AvgIpc) is 3.12. The van der Waals surface area contributed by atoms with Gasteiger partial charge in [-0.1, -0.05) is 84.4 Å². The molecule has 1 N–H and O–H groups in total. The molecule has 1 aliphatic rings. The fourth-order valence-corrected chi connectivity index (χ4v) is 5.06. The van der Waals surface area contributed by atoms with Crippen LogP contribution in [0.3, 0.4) is 0 Å². The van der Waals surface area contributed by atoms with Crippen LogP contribution in [0.15, 0.2) is 71.6 Å². The van der Waals surface area contributed by atoms with E-state index in [9.17, 15) is 9.59 Å². The number of carbonyl (C=O) groups is 2. The number of halogens is 2. The Bertz CT molecular complexity index is 1330. The van der Waals surface area contributed by atoms with Gasteiger partial charge in [-0.2, -0.15) is 0 Å². The molecule has 1 heterocycles. The molecule has 0 radical (unpaired) electrons. The van der Waals surface area contributed by atoms with E-state index in [-0.39, 0.29) is 18.4 Å². The zero-order valence-corrected chi connectivity index (χ0v) is 21.7. The van der Waals surface area contributed by atoms with Gasteiger partial charge in [0.1, 0.15) is 5.75 Å². The number of hydrogen-bond acceptors (Lipinski definition) is 5. The van der Waals surface area contributed by atoms with Gasteiger partial charge in [-0.05, 0) is 60.0 Å². The molecule has 4 rings (SSSR count). The first-order valence-corrected chi connectivity index (χ1v) is 12.7. The topological polar surface area (TPSA) is 58.6 Å². The molecule has 35 heavy (non-hydrogen) atoms. The summed E-state index contributed by atoms with van der Waals surface area (Å²) in [4.78, 5) is 27.2.